The van der Waals surface area contributed by atoms with Crippen LogP contribution in [0.25, 0.3) is 0 Å². The van der Waals surface area contributed by atoms with E-state index >= 15 is 0 Å². The molecule has 0 spiro atoms. The number of hydrogen-bond acceptors (Lipinski definition) is 5. The van der Waals surface area contributed by atoms with Crippen LogP contribution in [0.2, 0.25) is 0 Å². The third kappa shape index (κ3) is 5.42. The van der Waals surface area contributed by atoms with Crippen LogP contribution in [0.5, 0.6) is 0 Å². The molecular weight excluding hydrogens is 492 g/mol. The summed E-state index contributed by atoms with van der Waals surface area (Å²) < 4.78 is 53.2. The van der Waals surface area contributed by atoms with E-state index in [1.807, 2.05) is 4.90 Å². The molecule has 6 nitrogen and oxygen atoms in total. The second kappa shape index (κ2) is 10.7. The maximum absolute atomic E-state index is 13.3. The summed E-state index contributed by atoms with van der Waals surface area (Å²) in [7, 11) is 0. The molecule has 2 aromatic heterocycles. The molecule has 1 aliphatic heterocycles. The molecule has 1 aliphatic carbocycles. The summed E-state index contributed by atoms with van der Waals surface area (Å²) in [5.74, 6) is -0.625. The summed E-state index contributed by atoms with van der Waals surface area (Å²) in [6.07, 6.45) is 0.912. The van der Waals surface area contributed by atoms with Crippen LogP contribution in [-0.2, 0) is 6.54 Å². The molecule has 0 atom stereocenters. The number of hydrogen-bond donors (Lipinski definition) is 1. The van der Waals surface area contributed by atoms with Gasteiger partial charge in [0.15, 0.2) is 5.69 Å². The van der Waals surface area contributed by atoms with Crippen molar-refractivity contribution in [1.82, 2.24) is 19.7 Å². The van der Waals surface area contributed by atoms with E-state index in [4.69, 9.17) is 12.2 Å². The van der Waals surface area contributed by atoms with Gasteiger partial charge in [-0.15, -0.1) is 11.3 Å². The zero-order valence-corrected chi connectivity index (χ0v) is 20.1. The van der Waals surface area contributed by atoms with Gasteiger partial charge in [-0.25, -0.2) is 27.3 Å². The lowest BCUT2D eigenvalue weighted by molar-refractivity contribution is 0.0689. The van der Waals surface area contributed by atoms with Gasteiger partial charge in [-0.1, -0.05) is 31.5 Å². The highest BCUT2D eigenvalue weighted by Gasteiger charge is 2.31. The van der Waals surface area contributed by atoms with Crippen molar-refractivity contribution in [2.24, 2.45) is 0 Å². The molecule has 186 valence electrons. The largest absolute Gasteiger partial charge is 0.476 e. The fraction of sp³-hybridized carbons (Fsp3) is 0.636. The number of nitrogens with zero attached hydrogens (tertiary/aromatic N) is 4. The van der Waals surface area contributed by atoms with Gasteiger partial charge in [0.05, 0.1) is 16.5 Å². The van der Waals surface area contributed by atoms with Gasteiger partial charge in [0, 0.05) is 23.9 Å². The second-order valence-corrected chi connectivity index (χ2v) is 10.3. The van der Waals surface area contributed by atoms with Gasteiger partial charge in [0.1, 0.15) is 11.4 Å². The van der Waals surface area contributed by atoms with Crippen molar-refractivity contribution in [1.29, 1.82) is 0 Å². The molecule has 0 unspecified atom stereocenters. The smallest absolute Gasteiger partial charge is 0.355 e. The summed E-state index contributed by atoms with van der Waals surface area (Å²) in [4.78, 5) is 19.4. The van der Waals surface area contributed by atoms with Crippen molar-refractivity contribution >= 4 is 34.5 Å². The van der Waals surface area contributed by atoms with E-state index in [-0.39, 0.29) is 24.1 Å². The molecule has 2 aliphatic rings. The number of alkyl halides is 4. The van der Waals surface area contributed by atoms with Crippen LogP contribution in [-0.4, -0.2) is 48.8 Å². The Morgan fingerprint density at radius 1 is 1.09 bits per heavy atom. The Morgan fingerprint density at radius 2 is 1.76 bits per heavy atom. The summed E-state index contributed by atoms with van der Waals surface area (Å²) in [5.41, 5.74) is -1.09. The van der Waals surface area contributed by atoms with Crippen LogP contribution >= 0.6 is 23.6 Å². The van der Waals surface area contributed by atoms with Crippen LogP contribution in [0.15, 0.2) is 6.07 Å². The average Bonchev–Trinajstić information content (AvgIpc) is 3.45. The predicted molar refractivity (Wildman–Crippen MR) is 123 cm³/mol. The van der Waals surface area contributed by atoms with Gasteiger partial charge in [0.2, 0.25) is 0 Å². The molecule has 2 fully saturated rings. The minimum absolute atomic E-state index is 0.103. The van der Waals surface area contributed by atoms with Crippen molar-refractivity contribution in [3.8, 4) is 0 Å². The first-order valence-corrected chi connectivity index (χ1v) is 12.6. The molecule has 0 radical (unpaired) electrons. The number of thiocarbonyl (C=S) groups is 1. The highest BCUT2D eigenvalue weighted by atomic mass is 32.1. The lowest BCUT2D eigenvalue weighted by Crippen LogP contribution is -2.39. The Labute approximate surface area is 204 Å². The van der Waals surface area contributed by atoms with E-state index in [2.05, 4.69) is 10.1 Å². The van der Waals surface area contributed by atoms with E-state index in [1.165, 1.54) is 17.8 Å². The summed E-state index contributed by atoms with van der Waals surface area (Å²) in [6.45, 7) is 0.938. The molecule has 3 heterocycles. The number of aromatic nitrogens is 3. The van der Waals surface area contributed by atoms with Crippen LogP contribution < -0.4 is 0 Å². The van der Waals surface area contributed by atoms with Gasteiger partial charge >= 0.3 is 5.97 Å². The number of rotatable bonds is 7. The normalized spacial score (nSPS) is 18.2. The zero-order chi connectivity index (χ0) is 24.4. The van der Waals surface area contributed by atoms with E-state index in [9.17, 15) is 27.5 Å². The highest BCUT2D eigenvalue weighted by molar-refractivity contribution is 7.80. The standard InChI is InChI=1S/C22H26F4N4O2S2/c23-19(24)14-10-15(20(25)26)30(28-14)11-16(33)29-8-6-13(7-9-29)21-27-17(22(31)32)18(34-21)12-4-2-1-3-5-12/h10,12-13,19-20H,1-9,11H2,(H,31,32). The minimum atomic E-state index is -2.93. The molecule has 34 heavy (non-hydrogen) atoms. The second-order valence-electron chi connectivity index (χ2n) is 8.81. The molecule has 1 saturated heterocycles. The van der Waals surface area contributed by atoms with Crippen molar-refractivity contribution in [2.75, 3.05) is 13.1 Å². The van der Waals surface area contributed by atoms with Gasteiger partial charge in [0.25, 0.3) is 12.9 Å². The molecule has 0 aromatic carbocycles. The topological polar surface area (TPSA) is 71.2 Å². The molecule has 2 aromatic rings. The number of thiazole rings is 1. The first-order valence-electron chi connectivity index (χ1n) is 11.4. The minimum Gasteiger partial charge on any atom is -0.476 e. The Balaban J connectivity index is 1.41. The SMILES string of the molecule is O=C(O)c1nc(C2CCN(C(=S)Cn3nc(C(F)F)cc3C(F)F)CC2)sc1C1CCCCC1. The first-order chi connectivity index (χ1) is 16.2. The quantitative estimate of drug-likeness (QED) is 0.349. The van der Waals surface area contributed by atoms with Crippen molar-refractivity contribution in [3.05, 3.63) is 33.0 Å². The van der Waals surface area contributed by atoms with Crippen LogP contribution in [0.1, 0.15) is 101 Å². The summed E-state index contributed by atoms with van der Waals surface area (Å²) >= 11 is 6.93. The number of carboxylic acids is 1. The molecule has 4 rings (SSSR count). The zero-order valence-electron chi connectivity index (χ0n) is 18.4. The fourth-order valence-electron chi connectivity index (χ4n) is 4.78. The third-order valence-electron chi connectivity index (χ3n) is 6.61. The molecule has 0 amide bonds. The lowest BCUT2D eigenvalue weighted by Gasteiger charge is -2.33. The molecule has 1 N–H and O–H groups in total. The number of piperidine rings is 1. The first kappa shape index (κ1) is 25.0. The van der Waals surface area contributed by atoms with Crippen molar-refractivity contribution < 1.29 is 27.5 Å². The maximum atomic E-state index is 13.3. The lowest BCUT2D eigenvalue weighted by atomic mass is 9.87. The molecule has 1 saturated carbocycles. The number of likely N-dealkylation sites (tertiary alicyclic amines) is 1. The van der Waals surface area contributed by atoms with E-state index in [0.717, 1.165) is 46.3 Å². The van der Waals surface area contributed by atoms with Crippen molar-refractivity contribution in [2.45, 2.75) is 76.2 Å². The van der Waals surface area contributed by atoms with Gasteiger partial charge in [-0.3, -0.25) is 4.68 Å². The van der Waals surface area contributed by atoms with Crippen LogP contribution in [0.4, 0.5) is 17.6 Å². The molecule has 12 heteroatoms. The molecular formula is C22H26F4N4O2S2. The predicted octanol–water partition coefficient (Wildman–Crippen LogP) is 6.17. The van der Waals surface area contributed by atoms with Gasteiger partial charge in [-0.2, -0.15) is 5.10 Å². The van der Waals surface area contributed by atoms with Crippen molar-refractivity contribution in [3.63, 3.8) is 0 Å². The van der Waals surface area contributed by atoms with E-state index < -0.39 is 30.2 Å². The third-order valence-corrected chi connectivity index (χ3v) is 8.38. The Bertz CT molecular complexity index is 1030. The number of carboxylic acid groups (broad SMARTS) is 1. The Kier molecular flexibility index (Phi) is 7.86. The molecule has 0 bridgehead atoms. The average molecular weight is 519 g/mol. The van der Waals surface area contributed by atoms with Gasteiger partial charge in [-0.05, 0) is 37.7 Å². The van der Waals surface area contributed by atoms with E-state index in [0.29, 0.717) is 30.9 Å². The number of halogens is 4. The monoisotopic (exact) mass is 518 g/mol. The number of carbonyl (C=O) groups is 1. The van der Waals surface area contributed by atoms with E-state index in [1.54, 1.807) is 0 Å². The number of aromatic carboxylic acids is 1. The summed E-state index contributed by atoms with van der Waals surface area (Å²) in [6, 6.07) is 0.719. The van der Waals surface area contributed by atoms with Crippen LogP contribution in [0, 0.1) is 0 Å². The maximum Gasteiger partial charge on any atom is 0.355 e. The fourth-order valence-corrected chi connectivity index (χ4v) is 6.48. The van der Waals surface area contributed by atoms with Crippen LogP contribution in [0.3, 0.4) is 0 Å². The highest BCUT2D eigenvalue weighted by Crippen LogP contribution is 2.41. The Morgan fingerprint density at radius 3 is 2.35 bits per heavy atom. The summed E-state index contributed by atoms with van der Waals surface area (Å²) in [5, 5.41) is 14.1. The van der Waals surface area contributed by atoms with Gasteiger partial charge < -0.3 is 10.0 Å². The Hall–Kier alpha value is -2.08.